The molecule has 0 atom stereocenters. The molecule has 0 saturated carbocycles. The average Bonchev–Trinajstić information content (AvgIpc) is 2.76. The minimum absolute atomic E-state index is 0.402. The van der Waals surface area contributed by atoms with Gasteiger partial charge in [-0.15, -0.1) is 0 Å². The molecule has 2 aromatic rings. The Kier molecular flexibility index (Phi) is 11.0. The SMILES string of the molecule is CCCCc1cc(Cc2c(CCCC)cc(O)cc2CCCC)cc(CCCC)c1O. The fourth-order valence-electron chi connectivity index (χ4n) is 4.44. The lowest BCUT2D eigenvalue weighted by atomic mass is 9.88. The van der Waals surface area contributed by atoms with Gasteiger partial charge < -0.3 is 10.2 Å². The third-order valence-corrected chi connectivity index (χ3v) is 6.33. The maximum Gasteiger partial charge on any atom is 0.121 e. The molecule has 0 amide bonds. The predicted molar refractivity (Wildman–Crippen MR) is 133 cm³/mol. The number of hydrogen-bond acceptors (Lipinski definition) is 2. The lowest BCUT2D eigenvalue weighted by Crippen LogP contribution is -2.04. The van der Waals surface area contributed by atoms with Crippen molar-refractivity contribution in [3.63, 3.8) is 0 Å². The summed E-state index contributed by atoms with van der Waals surface area (Å²) in [5.74, 6) is 0.924. The van der Waals surface area contributed by atoms with Crippen LogP contribution in [-0.4, -0.2) is 10.2 Å². The van der Waals surface area contributed by atoms with Gasteiger partial charge in [-0.25, -0.2) is 0 Å². The van der Waals surface area contributed by atoms with Gasteiger partial charge in [-0.1, -0.05) is 65.5 Å². The largest absolute Gasteiger partial charge is 0.508 e. The van der Waals surface area contributed by atoms with Gasteiger partial charge in [-0.05, 0) is 103 Å². The summed E-state index contributed by atoms with van der Waals surface area (Å²) in [6.45, 7) is 8.85. The van der Waals surface area contributed by atoms with E-state index in [-0.39, 0.29) is 0 Å². The quantitative estimate of drug-likeness (QED) is 0.322. The van der Waals surface area contributed by atoms with Crippen molar-refractivity contribution >= 4 is 0 Å². The Hall–Kier alpha value is -1.96. The van der Waals surface area contributed by atoms with E-state index in [0.717, 1.165) is 94.6 Å². The minimum atomic E-state index is 0.402. The van der Waals surface area contributed by atoms with Crippen molar-refractivity contribution in [1.82, 2.24) is 0 Å². The molecule has 0 bridgehead atoms. The van der Waals surface area contributed by atoms with Gasteiger partial charge in [-0.2, -0.15) is 0 Å². The molecule has 0 fully saturated rings. The van der Waals surface area contributed by atoms with E-state index in [1.54, 1.807) is 0 Å². The number of phenols is 2. The molecule has 0 aliphatic heterocycles. The van der Waals surface area contributed by atoms with Crippen LogP contribution >= 0.6 is 0 Å². The summed E-state index contributed by atoms with van der Waals surface area (Å²) in [7, 11) is 0. The number of rotatable bonds is 14. The smallest absolute Gasteiger partial charge is 0.121 e. The highest BCUT2D eigenvalue weighted by Crippen LogP contribution is 2.32. The third kappa shape index (κ3) is 7.59. The van der Waals surface area contributed by atoms with Crippen molar-refractivity contribution in [2.75, 3.05) is 0 Å². The number of aryl methyl sites for hydroxylation is 4. The molecule has 2 N–H and O–H groups in total. The fraction of sp³-hybridized carbons (Fsp3) is 0.586. The van der Waals surface area contributed by atoms with Crippen LogP contribution in [0, 0.1) is 0 Å². The van der Waals surface area contributed by atoms with E-state index in [2.05, 4.69) is 39.8 Å². The molecule has 0 aliphatic carbocycles. The van der Waals surface area contributed by atoms with Crippen LogP contribution in [0.3, 0.4) is 0 Å². The summed E-state index contributed by atoms with van der Waals surface area (Å²) in [5, 5.41) is 21.2. The van der Waals surface area contributed by atoms with E-state index in [1.165, 1.54) is 22.3 Å². The van der Waals surface area contributed by atoms with Crippen LogP contribution in [0.5, 0.6) is 11.5 Å². The topological polar surface area (TPSA) is 40.5 Å². The zero-order chi connectivity index (χ0) is 22.6. The second-order valence-electron chi connectivity index (χ2n) is 9.10. The molecule has 31 heavy (non-hydrogen) atoms. The number of unbranched alkanes of at least 4 members (excludes halogenated alkanes) is 4. The van der Waals surface area contributed by atoms with Crippen molar-refractivity contribution in [1.29, 1.82) is 0 Å². The van der Waals surface area contributed by atoms with E-state index in [0.29, 0.717) is 11.5 Å². The first kappa shape index (κ1) is 25.3. The molecule has 2 nitrogen and oxygen atoms in total. The van der Waals surface area contributed by atoms with Crippen molar-refractivity contribution in [2.24, 2.45) is 0 Å². The molecule has 0 radical (unpaired) electrons. The molecule has 0 saturated heterocycles. The zero-order valence-corrected chi connectivity index (χ0v) is 20.4. The lowest BCUT2D eigenvalue weighted by molar-refractivity contribution is 0.458. The standard InChI is InChI=1S/C29H44O2/c1-5-9-13-23-20-27(30)21-24(14-10-6-2)28(23)19-22-17-25(15-11-7-3)29(31)26(18-22)16-12-8-4/h17-18,20-21,30-31H,5-16,19H2,1-4H3. The summed E-state index contributed by atoms with van der Waals surface area (Å²) in [4.78, 5) is 0. The van der Waals surface area contributed by atoms with Crippen LogP contribution in [0.1, 0.15) is 112 Å². The molecule has 2 aromatic carbocycles. The molecule has 2 heteroatoms. The van der Waals surface area contributed by atoms with Crippen molar-refractivity contribution < 1.29 is 10.2 Å². The summed E-state index contributed by atoms with van der Waals surface area (Å²) in [6, 6.07) is 8.44. The average molecular weight is 425 g/mol. The first-order valence-electron chi connectivity index (χ1n) is 12.7. The van der Waals surface area contributed by atoms with Crippen LogP contribution in [0.4, 0.5) is 0 Å². The third-order valence-electron chi connectivity index (χ3n) is 6.33. The molecule has 0 unspecified atom stereocenters. The van der Waals surface area contributed by atoms with Crippen LogP contribution in [0.15, 0.2) is 24.3 Å². The summed E-state index contributed by atoms with van der Waals surface area (Å²) >= 11 is 0. The Bertz CT molecular complexity index is 748. The van der Waals surface area contributed by atoms with Gasteiger partial charge in [0.2, 0.25) is 0 Å². The normalized spacial score (nSPS) is 11.2. The molecule has 0 heterocycles. The molecule has 0 aromatic heterocycles. The van der Waals surface area contributed by atoms with Crippen molar-refractivity contribution in [3.05, 3.63) is 57.6 Å². The zero-order valence-electron chi connectivity index (χ0n) is 20.4. The summed E-state index contributed by atoms with van der Waals surface area (Å²) in [5.41, 5.74) is 7.51. The van der Waals surface area contributed by atoms with Crippen molar-refractivity contribution in [3.8, 4) is 11.5 Å². The predicted octanol–water partition coefficient (Wildman–Crippen LogP) is 8.06. The van der Waals surface area contributed by atoms with Gasteiger partial charge >= 0.3 is 0 Å². The van der Waals surface area contributed by atoms with E-state index >= 15 is 0 Å². The Balaban J connectivity index is 2.48. The minimum Gasteiger partial charge on any atom is -0.508 e. The highest BCUT2D eigenvalue weighted by Gasteiger charge is 2.15. The Morgan fingerprint density at radius 2 is 0.935 bits per heavy atom. The van der Waals surface area contributed by atoms with E-state index in [1.807, 2.05) is 12.1 Å². The Morgan fingerprint density at radius 1 is 0.548 bits per heavy atom. The van der Waals surface area contributed by atoms with Crippen LogP contribution in [-0.2, 0) is 32.1 Å². The molecule has 172 valence electrons. The molecule has 2 rings (SSSR count). The maximum atomic E-state index is 10.9. The summed E-state index contributed by atoms with van der Waals surface area (Å²) < 4.78 is 0. The lowest BCUT2D eigenvalue weighted by Gasteiger charge is -2.18. The second kappa shape index (κ2) is 13.5. The fourth-order valence-corrected chi connectivity index (χ4v) is 4.44. The molecular formula is C29H44O2. The van der Waals surface area contributed by atoms with E-state index in [9.17, 15) is 10.2 Å². The maximum absolute atomic E-state index is 10.9. The first-order chi connectivity index (χ1) is 15.0. The molecule has 0 aliphatic rings. The number of phenolic OH excluding ortho intramolecular Hbond substituents is 2. The van der Waals surface area contributed by atoms with E-state index < -0.39 is 0 Å². The van der Waals surface area contributed by atoms with E-state index in [4.69, 9.17) is 0 Å². The van der Waals surface area contributed by atoms with Gasteiger partial charge in [0.15, 0.2) is 0 Å². The monoisotopic (exact) mass is 424 g/mol. The van der Waals surface area contributed by atoms with Gasteiger partial charge in [0.25, 0.3) is 0 Å². The Morgan fingerprint density at radius 3 is 1.32 bits per heavy atom. The van der Waals surface area contributed by atoms with Gasteiger partial charge in [-0.3, -0.25) is 0 Å². The highest BCUT2D eigenvalue weighted by molar-refractivity contribution is 5.49. The van der Waals surface area contributed by atoms with Crippen molar-refractivity contribution in [2.45, 2.75) is 111 Å². The van der Waals surface area contributed by atoms with Crippen LogP contribution in [0.2, 0.25) is 0 Å². The molecule has 0 spiro atoms. The number of benzene rings is 2. The summed E-state index contributed by atoms with van der Waals surface area (Å²) in [6.07, 6.45) is 13.9. The second-order valence-corrected chi connectivity index (χ2v) is 9.10. The first-order valence-corrected chi connectivity index (χ1v) is 12.7. The number of aromatic hydroxyl groups is 2. The van der Waals surface area contributed by atoms with Gasteiger partial charge in [0, 0.05) is 0 Å². The van der Waals surface area contributed by atoms with Gasteiger partial charge in [0.05, 0.1) is 0 Å². The highest BCUT2D eigenvalue weighted by atomic mass is 16.3. The molecular weight excluding hydrogens is 380 g/mol. The number of hydrogen-bond donors (Lipinski definition) is 2. The van der Waals surface area contributed by atoms with Gasteiger partial charge in [0.1, 0.15) is 11.5 Å². The van der Waals surface area contributed by atoms with Crippen LogP contribution in [0.25, 0.3) is 0 Å². The van der Waals surface area contributed by atoms with Crippen LogP contribution < -0.4 is 0 Å². The Labute approximate surface area is 190 Å².